The number of methoxy groups -OCH3 is 1. The van der Waals surface area contributed by atoms with Gasteiger partial charge in [-0.1, -0.05) is 12.2 Å². The number of allylic oxidation sites excluding steroid dienone is 1. The van der Waals surface area contributed by atoms with Gasteiger partial charge in [-0.05, 0) is 24.6 Å². The van der Waals surface area contributed by atoms with Crippen molar-refractivity contribution in [2.24, 2.45) is 5.73 Å². The first-order chi connectivity index (χ1) is 10.1. The highest BCUT2D eigenvalue weighted by molar-refractivity contribution is 5.95. The second-order valence-electron chi connectivity index (χ2n) is 4.53. The number of nitrogens with one attached hydrogen (secondary N) is 1. The Hall–Kier alpha value is -2.63. The van der Waals surface area contributed by atoms with Crippen molar-refractivity contribution < 1.29 is 9.15 Å². The molecule has 1 aromatic heterocycles. The Morgan fingerprint density at radius 1 is 1.43 bits per heavy atom. The van der Waals surface area contributed by atoms with Gasteiger partial charge in [0.1, 0.15) is 11.6 Å². The molecular weight excluding hydrogens is 268 g/mol. The summed E-state index contributed by atoms with van der Waals surface area (Å²) in [6.45, 7) is 1.77. The van der Waals surface area contributed by atoms with E-state index in [4.69, 9.17) is 20.3 Å². The number of rotatable bonds is 6. The van der Waals surface area contributed by atoms with E-state index >= 15 is 0 Å². The van der Waals surface area contributed by atoms with E-state index in [0.717, 1.165) is 17.7 Å². The lowest BCUT2D eigenvalue weighted by molar-refractivity contribution is 0.414. The molecule has 0 amide bonds. The Labute approximate surface area is 123 Å². The standard InChI is InChI=1S/C15H18N4O2/c1-10-18-19-14(21-10)6-4-3-5-11-9-12(15(16)17)7-8-13(11)20-2/h3,5,7-9H,4,6H2,1-2H3,(H3,16,17)/b5-3+. The van der Waals surface area contributed by atoms with E-state index < -0.39 is 0 Å². The Morgan fingerprint density at radius 3 is 2.86 bits per heavy atom. The van der Waals surface area contributed by atoms with Gasteiger partial charge in [-0.2, -0.15) is 0 Å². The van der Waals surface area contributed by atoms with Crippen molar-refractivity contribution in [1.82, 2.24) is 10.2 Å². The fourth-order valence-electron chi connectivity index (χ4n) is 1.89. The normalized spacial score (nSPS) is 11.0. The number of nitrogens with zero attached hydrogens (tertiary/aromatic N) is 2. The van der Waals surface area contributed by atoms with Gasteiger partial charge in [0, 0.05) is 24.5 Å². The number of hydrogen-bond donors (Lipinski definition) is 2. The van der Waals surface area contributed by atoms with E-state index in [2.05, 4.69) is 10.2 Å². The highest BCUT2D eigenvalue weighted by atomic mass is 16.5. The second kappa shape index (κ2) is 6.69. The van der Waals surface area contributed by atoms with Gasteiger partial charge < -0.3 is 14.9 Å². The van der Waals surface area contributed by atoms with Crippen LogP contribution in [0.1, 0.15) is 29.3 Å². The lowest BCUT2D eigenvalue weighted by Crippen LogP contribution is -2.11. The zero-order valence-corrected chi connectivity index (χ0v) is 12.1. The van der Waals surface area contributed by atoms with E-state index in [9.17, 15) is 0 Å². The number of hydrogen-bond acceptors (Lipinski definition) is 5. The summed E-state index contributed by atoms with van der Waals surface area (Å²) in [6.07, 6.45) is 5.40. The van der Waals surface area contributed by atoms with Gasteiger partial charge in [-0.25, -0.2) is 0 Å². The van der Waals surface area contributed by atoms with E-state index in [1.165, 1.54) is 0 Å². The lowest BCUT2D eigenvalue weighted by Gasteiger charge is -2.07. The van der Waals surface area contributed by atoms with E-state index in [1.807, 2.05) is 18.2 Å². The summed E-state index contributed by atoms with van der Waals surface area (Å²) in [6, 6.07) is 5.39. The molecule has 2 aromatic rings. The Bertz CT molecular complexity index is 661. The van der Waals surface area contributed by atoms with Crippen LogP contribution in [0.25, 0.3) is 6.08 Å². The van der Waals surface area contributed by atoms with E-state index in [-0.39, 0.29) is 5.84 Å². The molecule has 3 N–H and O–H groups in total. The van der Waals surface area contributed by atoms with Crippen molar-refractivity contribution in [2.45, 2.75) is 19.8 Å². The van der Waals surface area contributed by atoms with Crippen molar-refractivity contribution in [3.8, 4) is 5.75 Å². The zero-order valence-electron chi connectivity index (χ0n) is 12.1. The molecule has 0 aliphatic rings. The number of amidine groups is 1. The van der Waals surface area contributed by atoms with Gasteiger partial charge in [-0.15, -0.1) is 10.2 Å². The maximum absolute atomic E-state index is 7.47. The maximum atomic E-state index is 7.47. The molecule has 0 saturated carbocycles. The number of aryl methyl sites for hydroxylation is 2. The number of benzene rings is 1. The van der Waals surface area contributed by atoms with Crippen LogP contribution in [0.4, 0.5) is 0 Å². The number of nitrogen functional groups attached to an aromatic ring is 1. The molecule has 0 bridgehead atoms. The summed E-state index contributed by atoms with van der Waals surface area (Å²) >= 11 is 0. The van der Waals surface area contributed by atoms with Gasteiger partial charge in [0.05, 0.1) is 7.11 Å². The minimum atomic E-state index is 0.0358. The summed E-state index contributed by atoms with van der Waals surface area (Å²) in [5, 5.41) is 15.2. The summed E-state index contributed by atoms with van der Waals surface area (Å²) < 4.78 is 10.6. The summed E-state index contributed by atoms with van der Waals surface area (Å²) in [4.78, 5) is 0. The molecule has 0 atom stereocenters. The fraction of sp³-hybridized carbons (Fsp3) is 0.267. The predicted octanol–water partition coefficient (Wildman–Crippen LogP) is 2.32. The van der Waals surface area contributed by atoms with Gasteiger partial charge in [-0.3, -0.25) is 5.41 Å². The molecule has 0 unspecified atom stereocenters. The highest BCUT2D eigenvalue weighted by Crippen LogP contribution is 2.21. The van der Waals surface area contributed by atoms with Crippen LogP contribution in [0.2, 0.25) is 0 Å². The summed E-state index contributed by atoms with van der Waals surface area (Å²) in [7, 11) is 1.61. The topological polar surface area (TPSA) is 98.0 Å². The third-order valence-corrected chi connectivity index (χ3v) is 2.93. The average molecular weight is 286 g/mol. The van der Waals surface area contributed by atoms with Crippen LogP contribution in [-0.4, -0.2) is 23.1 Å². The highest BCUT2D eigenvalue weighted by Gasteiger charge is 2.04. The van der Waals surface area contributed by atoms with Crippen LogP contribution in [0.5, 0.6) is 5.75 Å². The molecule has 0 fully saturated rings. The molecule has 0 saturated heterocycles. The van der Waals surface area contributed by atoms with E-state index in [1.54, 1.807) is 26.2 Å². The van der Waals surface area contributed by atoms with Crippen LogP contribution in [0.15, 0.2) is 28.7 Å². The Morgan fingerprint density at radius 2 is 2.24 bits per heavy atom. The van der Waals surface area contributed by atoms with Crippen molar-refractivity contribution in [1.29, 1.82) is 5.41 Å². The van der Waals surface area contributed by atoms with Crippen molar-refractivity contribution >= 4 is 11.9 Å². The smallest absolute Gasteiger partial charge is 0.216 e. The van der Waals surface area contributed by atoms with Gasteiger partial charge in [0.25, 0.3) is 0 Å². The van der Waals surface area contributed by atoms with Crippen LogP contribution >= 0.6 is 0 Å². The molecular formula is C15H18N4O2. The van der Waals surface area contributed by atoms with Crippen LogP contribution in [0, 0.1) is 12.3 Å². The monoisotopic (exact) mass is 286 g/mol. The Balaban J connectivity index is 2.05. The first-order valence-corrected chi connectivity index (χ1v) is 6.58. The van der Waals surface area contributed by atoms with Crippen molar-refractivity contribution in [3.63, 3.8) is 0 Å². The summed E-state index contributed by atoms with van der Waals surface area (Å²) in [5.41, 5.74) is 7.05. The molecule has 6 nitrogen and oxygen atoms in total. The van der Waals surface area contributed by atoms with Crippen LogP contribution < -0.4 is 10.5 Å². The first-order valence-electron chi connectivity index (χ1n) is 6.58. The SMILES string of the molecule is COc1ccc(C(=N)N)cc1/C=C/CCc1nnc(C)o1. The van der Waals surface area contributed by atoms with Crippen LogP contribution in [-0.2, 0) is 6.42 Å². The zero-order chi connectivity index (χ0) is 15.2. The third kappa shape index (κ3) is 3.92. The maximum Gasteiger partial charge on any atom is 0.216 e. The van der Waals surface area contributed by atoms with E-state index in [0.29, 0.717) is 23.8 Å². The average Bonchev–Trinajstić information content (AvgIpc) is 2.89. The number of nitrogens with two attached hydrogens (primary N) is 1. The number of ether oxygens (including phenoxy) is 1. The molecule has 6 heteroatoms. The van der Waals surface area contributed by atoms with Crippen molar-refractivity contribution in [3.05, 3.63) is 47.2 Å². The molecule has 1 aromatic carbocycles. The molecule has 21 heavy (non-hydrogen) atoms. The molecule has 1 heterocycles. The first kappa shape index (κ1) is 14.8. The van der Waals surface area contributed by atoms with Crippen molar-refractivity contribution in [2.75, 3.05) is 7.11 Å². The fourth-order valence-corrected chi connectivity index (χ4v) is 1.89. The number of aromatic nitrogens is 2. The minimum absolute atomic E-state index is 0.0358. The largest absolute Gasteiger partial charge is 0.496 e. The Kier molecular flexibility index (Phi) is 4.71. The van der Waals surface area contributed by atoms with Gasteiger partial charge in [0.2, 0.25) is 11.8 Å². The summed E-state index contributed by atoms with van der Waals surface area (Å²) in [5.74, 6) is 1.98. The lowest BCUT2D eigenvalue weighted by atomic mass is 10.1. The molecule has 2 rings (SSSR count). The van der Waals surface area contributed by atoms with Gasteiger partial charge >= 0.3 is 0 Å². The second-order valence-corrected chi connectivity index (χ2v) is 4.53. The molecule has 0 spiro atoms. The molecule has 0 aliphatic carbocycles. The quantitative estimate of drug-likeness (QED) is 0.627. The predicted molar refractivity (Wildman–Crippen MR) is 80.4 cm³/mol. The third-order valence-electron chi connectivity index (χ3n) is 2.93. The minimum Gasteiger partial charge on any atom is -0.496 e. The molecule has 110 valence electrons. The molecule has 0 aliphatic heterocycles. The molecule has 0 radical (unpaired) electrons. The van der Waals surface area contributed by atoms with Crippen LogP contribution in [0.3, 0.4) is 0 Å². The van der Waals surface area contributed by atoms with Gasteiger partial charge in [0.15, 0.2) is 0 Å².